The van der Waals surface area contributed by atoms with Gasteiger partial charge in [0.2, 0.25) is 5.91 Å². The van der Waals surface area contributed by atoms with E-state index in [1.807, 2.05) is 90.4 Å². The fraction of sp³-hybridized carbons (Fsp3) is 0.115. The first kappa shape index (κ1) is 21.0. The lowest BCUT2D eigenvalue weighted by Crippen LogP contribution is -2.15. The van der Waals surface area contributed by atoms with Crippen molar-refractivity contribution >= 4 is 34.1 Å². The number of furan rings is 1. The van der Waals surface area contributed by atoms with Gasteiger partial charge in [0, 0.05) is 16.6 Å². The van der Waals surface area contributed by atoms with Gasteiger partial charge in [-0.3, -0.25) is 9.36 Å². The fourth-order valence-corrected chi connectivity index (χ4v) is 4.40. The summed E-state index contributed by atoms with van der Waals surface area (Å²) in [6, 6.07) is 25.8. The first-order valence-corrected chi connectivity index (χ1v) is 11.6. The van der Waals surface area contributed by atoms with Gasteiger partial charge in [-0.15, -0.1) is 10.2 Å². The molecule has 7 heteroatoms. The summed E-state index contributed by atoms with van der Waals surface area (Å²) in [5.74, 6) is 1.65. The van der Waals surface area contributed by atoms with E-state index < -0.39 is 0 Å². The summed E-state index contributed by atoms with van der Waals surface area (Å²) in [6.45, 7) is 2.53. The zero-order valence-electron chi connectivity index (χ0n) is 18.1. The summed E-state index contributed by atoms with van der Waals surface area (Å²) in [4.78, 5) is 12.8. The molecule has 0 unspecified atom stereocenters. The highest BCUT2D eigenvalue weighted by atomic mass is 32.2. The van der Waals surface area contributed by atoms with Crippen LogP contribution in [0.3, 0.4) is 0 Å². The molecule has 1 amide bonds. The number of fused-ring (bicyclic) bond motifs is 1. The van der Waals surface area contributed by atoms with Crippen LogP contribution < -0.4 is 5.32 Å². The Morgan fingerprint density at radius 2 is 1.79 bits per heavy atom. The molecule has 0 spiro atoms. The molecule has 0 aliphatic carbocycles. The Balaban J connectivity index is 1.36. The van der Waals surface area contributed by atoms with Crippen LogP contribution in [0.4, 0.5) is 5.69 Å². The molecule has 0 saturated heterocycles. The average Bonchev–Trinajstić information content (AvgIpc) is 3.49. The maximum atomic E-state index is 12.8. The minimum atomic E-state index is -0.0965. The van der Waals surface area contributed by atoms with Gasteiger partial charge in [0.05, 0.1) is 18.6 Å². The van der Waals surface area contributed by atoms with Crippen LogP contribution in [-0.4, -0.2) is 26.4 Å². The van der Waals surface area contributed by atoms with Gasteiger partial charge in [-0.2, -0.15) is 0 Å². The number of aromatic nitrogens is 3. The third-order valence-electron chi connectivity index (χ3n) is 5.32. The van der Waals surface area contributed by atoms with Gasteiger partial charge < -0.3 is 9.73 Å². The lowest BCUT2D eigenvalue weighted by atomic mass is 10.1. The lowest BCUT2D eigenvalue weighted by molar-refractivity contribution is -0.113. The van der Waals surface area contributed by atoms with Crippen LogP contribution in [0.15, 0.2) is 94.7 Å². The first-order valence-electron chi connectivity index (χ1n) is 10.6. The predicted octanol–water partition coefficient (Wildman–Crippen LogP) is 5.78. The fourth-order valence-electron chi connectivity index (χ4n) is 3.66. The summed E-state index contributed by atoms with van der Waals surface area (Å²) in [5, 5.41) is 14.6. The second kappa shape index (κ2) is 9.34. The summed E-state index contributed by atoms with van der Waals surface area (Å²) in [7, 11) is 0. The Morgan fingerprint density at radius 1 is 0.970 bits per heavy atom. The second-order valence-electron chi connectivity index (χ2n) is 7.70. The number of aryl methyl sites for hydroxylation is 1. The van der Waals surface area contributed by atoms with E-state index in [9.17, 15) is 4.79 Å². The van der Waals surface area contributed by atoms with Gasteiger partial charge in [0.15, 0.2) is 11.0 Å². The van der Waals surface area contributed by atoms with E-state index >= 15 is 0 Å². The molecule has 1 N–H and O–H groups in total. The number of hydrogen-bond donors (Lipinski definition) is 1. The van der Waals surface area contributed by atoms with Crippen LogP contribution in [0.25, 0.3) is 22.2 Å². The van der Waals surface area contributed by atoms with Gasteiger partial charge in [0.25, 0.3) is 0 Å². The molecule has 0 radical (unpaired) electrons. The Kier molecular flexibility index (Phi) is 5.95. The van der Waals surface area contributed by atoms with Gasteiger partial charge in [0.1, 0.15) is 5.76 Å². The topological polar surface area (TPSA) is 73.0 Å². The van der Waals surface area contributed by atoms with Crippen molar-refractivity contribution in [3.63, 3.8) is 0 Å². The number of benzene rings is 3. The summed E-state index contributed by atoms with van der Waals surface area (Å²) in [6.07, 6.45) is 1.65. The Morgan fingerprint density at radius 3 is 2.61 bits per heavy atom. The van der Waals surface area contributed by atoms with Crippen LogP contribution in [0.2, 0.25) is 0 Å². The van der Waals surface area contributed by atoms with E-state index in [-0.39, 0.29) is 11.7 Å². The molecule has 5 rings (SSSR count). The molecule has 164 valence electrons. The standard InChI is InChI=1S/C26H22N4O2S/c1-18-11-13-20(14-12-18)25-28-29-26(30(25)16-21-8-5-15-32-21)33-17-24(31)27-23-10-4-7-19-6-2-3-9-22(19)23/h2-15H,16-17H2,1H3,(H,27,31). The number of anilines is 1. The number of thioether (sulfide) groups is 1. The molecular formula is C26H22N4O2S. The third kappa shape index (κ3) is 4.68. The molecule has 2 aromatic heterocycles. The number of carbonyl (C=O) groups is 1. The molecule has 0 aliphatic rings. The van der Waals surface area contributed by atoms with Gasteiger partial charge in [-0.1, -0.05) is 78.0 Å². The summed E-state index contributed by atoms with van der Waals surface area (Å²) in [5.41, 5.74) is 2.94. The molecule has 2 heterocycles. The number of nitrogens with one attached hydrogen (secondary N) is 1. The Hall–Kier alpha value is -3.84. The highest BCUT2D eigenvalue weighted by molar-refractivity contribution is 7.99. The summed E-state index contributed by atoms with van der Waals surface area (Å²) >= 11 is 1.36. The molecule has 0 atom stereocenters. The van der Waals surface area contributed by atoms with Crippen LogP contribution in [0.5, 0.6) is 0 Å². The maximum absolute atomic E-state index is 12.8. The van der Waals surface area contributed by atoms with Crippen molar-refractivity contribution in [3.8, 4) is 11.4 Å². The summed E-state index contributed by atoms with van der Waals surface area (Å²) < 4.78 is 7.54. The molecule has 33 heavy (non-hydrogen) atoms. The molecule has 5 aromatic rings. The van der Waals surface area contributed by atoms with E-state index in [0.29, 0.717) is 11.7 Å². The second-order valence-corrected chi connectivity index (χ2v) is 8.64. The van der Waals surface area contributed by atoms with Crippen molar-refractivity contribution in [2.75, 3.05) is 11.1 Å². The van der Waals surface area contributed by atoms with Crippen molar-refractivity contribution in [1.82, 2.24) is 14.8 Å². The minimum Gasteiger partial charge on any atom is -0.467 e. The van der Waals surface area contributed by atoms with E-state index in [4.69, 9.17) is 4.42 Å². The minimum absolute atomic E-state index is 0.0965. The number of carbonyl (C=O) groups excluding carboxylic acids is 1. The maximum Gasteiger partial charge on any atom is 0.234 e. The zero-order chi connectivity index (χ0) is 22.6. The van der Waals surface area contributed by atoms with Gasteiger partial charge in [-0.25, -0.2) is 0 Å². The average molecular weight is 455 g/mol. The molecule has 0 aliphatic heterocycles. The first-order chi connectivity index (χ1) is 16.2. The quantitative estimate of drug-likeness (QED) is 0.316. The van der Waals surface area contributed by atoms with Gasteiger partial charge >= 0.3 is 0 Å². The van der Waals surface area contributed by atoms with Crippen LogP contribution in [-0.2, 0) is 11.3 Å². The van der Waals surface area contributed by atoms with Gasteiger partial charge in [-0.05, 0) is 30.5 Å². The Bertz CT molecular complexity index is 1390. The largest absolute Gasteiger partial charge is 0.467 e. The van der Waals surface area contributed by atoms with Crippen molar-refractivity contribution in [2.45, 2.75) is 18.6 Å². The van der Waals surface area contributed by atoms with E-state index in [2.05, 4.69) is 15.5 Å². The van der Waals surface area contributed by atoms with Crippen molar-refractivity contribution in [3.05, 3.63) is 96.4 Å². The van der Waals surface area contributed by atoms with Crippen LogP contribution >= 0.6 is 11.8 Å². The molecule has 0 fully saturated rings. The molecular weight excluding hydrogens is 432 g/mol. The van der Waals surface area contributed by atoms with E-state index in [1.165, 1.54) is 17.3 Å². The molecule has 0 saturated carbocycles. The van der Waals surface area contributed by atoms with Crippen LogP contribution in [0.1, 0.15) is 11.3 Å². The third-order valence-corrected chi connectivity index (χ3v) is 6.28. The van der Waals surface area contributed by atoms with Crippen LogP contribution in [0, 0.1) is 6.92 Å². The zero-order valence-corrected chi connectivity index (χ0v) is 18.9. The van der Waals surface area contributed by atoms with E-state index in [0.717, 1.165) is 33.6 Å². The number of hydrogen-bond acceptors (Lipinski definition) is 5. The normalized spacial score (nSPS) is 11.1. The molecule has 6 nitrogen and oxygen atoms in total. The Labute approximate surface area is 195 Å². The molecule has 0 bridgehead atoms. The highest BCUT2D eigenvalue weighted by Crippen LogP contribution is 2.27. The SMILES string of the molecule is Cc1ccc(-c2nnc(SCC(=O)Nc3cccc4ccccc34)n2Cc2ccco2)cc1. The van der Waals surface area contributed by atoms with Crippen molar-refractivity contribution in [2.24, 2.45) is 0 Å². The number of rotatable bonds is 7. The van der Waals surface area contributed by atoms with Crippen molar-refractivity contribution < 1.29 is 9.21 Å². The smallest absolute Gasteiger partial charge is 0.234 e. The monoisotopic (exact) mass is 454 g/mol. The highest BCUT2D eigenvalue weighted by Gasteiger charge is 2.17. The number of amides is 1. The lowest BCUT2D eigenvalue weighted by Gasteiger charge is -2.10. The number of nitrogens with zero attached hydrogens (tertiary/aromatic N) is 3. The van der Waals surface area contributed by atoms with Crippen molar-refractivity contribution in [1.29, 1.82) is 0 Å². The predicted molar refractivity (Wildman–Crippen MR) is 131 cm³/mol. The molecule has 3 aromatic carbocycles. The van der Waals surface area contributed by atoms with E-state index in [1.54, 1.807) is 6.26 Å².